The Morgan fingerprint density at radius 3 is 2.39 bits per heavy atom. The Bertz CT molecular complexity index is 676. The first-order valence-corrected chi connectivity index (χ1v) is 8.09. The second kappa shape index (κ2) is 6.37. The number of carbonyl (C=O) groups is 3. The fourth-order valence-electron chi connectivity index (χ4n) is 2.49. The van der Waals surface area contributed by atoms with Crippen LogP contribution < -0.4 is 15.8 Å². The number of halogens is 2. The minimum Gasteiger partial charge on any atom is -0.312 e. The molecule has 6 nitrogen and oxygen atoms in total. The van der Waals surface area contributed by atoms with Crippen molar-refractivity contribution in [2.75, 3.05) is 11.4 Å². The molecule has 2 N–H and O–H groups in total. The number of amides is 3. The Morgan fingerprint density at radius 2 is 1.74 bits per heavy atom. The molecule has 0 radical (unpaired) electrons. The van der Waals surface area contributed by atoms with Crippen LogP contribution in [0.25, 0.3) is 0 Å². The van der Waals surface area contributed by atoms with Gasteiger partial charge in [-0.1, -0.05) is 23.2 Å². The summed E-state index contributed by atoms with van der Waals surface area (Å²) in [6.07, 6.45) is 2.06. The number of nitrogens with zero attached hydrogens (tertiary/aromatic N) is 1. The van der Waals surface area contributed by atoms with Crippen LogP contribution in [0.4, 0.5) is 5.69 Å². The van der Waals surface area contributed by atoms with Crippen LogP contribution in [0, 0.1) is 11.8 Å². The number of hydrogen-bond donors (Lipinski definition) is 2. The summed E-state index contributed by atoms with van der Waals surface area (Å²) in [6, 6.07) is 4.88. The molecule has 0 aromatic heterocycles. The van der Waals surface area contributed by atoms with Crippen molar-refractivity contribution in [3.8, 4) is 0 Å². The lowest BCUT2D eigenvalue weighted by molar-refractivity contribution is -0.135. The Morgan fingerprint density at radius 1 is 1.04 bits per heavy atom. The van der Waals surface area contributed by atoms with Crippen LogP contribution in [0.5, 0.6) is 0 Å². The van der Waals surface area contributed by atoms with E-state index in [1.54, 1.807) is 18.2 Å². The Labute approximate surface area is 143 Å². The lowest BCUT2D eigenvalue weighted by atomic mass is 10.1. The van der Waals surface area contributed by atoms with E-state index in [0.717, 1.165) is 12.8 Å². The van der Waals surface area contributed by atoms with E-state index in [1.165, 1.54) is 4.90 Å². The highest BCUT2D eigenvalue weighted by Gasteiger charge is 2.38. The van der Waals surface area contributed by atoms with E-state index in [1.807, 2.05) is 0 Å². The maximum absolute atomic E-state index is 12.4. The molecule has 1 saturated heterocycles. The molecule has 2 fully saturated rings. The standard InChI is InChI=1S/C15H15Cl2N3O3/c16-11-4-3-9(7-12(11)17)20-6-5-10(15(20)23)14(22)19-18-13(21)8-1-2-8/h3-4,7-8,10H,1-2,5-6H2,(H,18,21)(H,19,22). The zero-order valence-corrected chi connectivity index (χ0v) is 13.7. The van der Waals surface area contributed by atoms with E-state index < -0.39 is 11.8 Å². The van der Waals surface area contributed by atoms with E-state index in [9.17, 15) is 14.4 Å². The first-order valence-electron chi connectivity index (χ1n) is 7.33. The first kappa shape index (κ1) is 16.1. The summed E-state index contributed by atoms with van der Waals surface area (Å²) in [4.78, 5) is 37.5. The number of hydrogen-bond acceptors (Lipinski definition) is 3. The highest BCUT2D eigenvalue weighted by molar-refractivity contribution is 6.42. The minimum absolute atomic E-state index is 0.0118. The van der Waals surface area contributed by atoms with Crippen LogP contribution >= 0.6 is 23.2 Å². The van der Waals surface area contributed by atoms with Gasteiger partial charge >= 0.3 is 0 Å². The average molecular weight is 356 g/mol. The van der Waals surface area contributed by atoms with Gasteiger partial charge in [0.2, 0.25) is 11.8 Å². The minimum atomic E-state index is -0.816. The van der Waals surface area contributed by atoms with Gasteiger partial charge in [0.25, 0.3) is 5.91 Å². The van der Waals surface area contributed by atoms with Crippen molar-refractivity contribution in [1.82, 2.24) is 10.9 Å². The Hall–Kier alpha value is -1.79. The molecular formula is C15H15Cl2N3O3. The van der Waals surface area contributed by atoms with Gasteiger partial charge in [0.15, 0.2) is 0 Å². The molecule has 1 unspecified atom stereocenters. The topological polar surface area (TPSA) is 78.5 Å². The molecule has 2 aliphatic rings. The summed E-state index contributed by atoms with van der Waals surface area (Å²) < 4.78 is 0. The van der Waals surface area contributed by atoms with E-state index >= 15 is 0 Å². The van der Waals surface area contributed by atoms with Crippen molar-refractivity contribution in [2.45, 2.75) is 19.3 Å². The Kier molecular flexibility index (Phi) is 4.46. The van der Waals surface area contributed by atoms with Crippen LogP contribution in [0.1, 0.15) is 19.3 Å². The summed E-state index contributed by atoms with van der Waals surface area (Å²) in [7, 11) is 0. The Balaban J connectivity index is 1.62. The summed E-state index contributed by atoms with van der Waals surface area (Å²) >= 11 is 11.8. The zero-order chi connectivity index (χ0) is 16.6. The average Bonchev–Trinajstić information content (AvgIpc) is 3.30. The summed E-state index contributed by atoms with van der Waals surface area (Å²) in [5.41, 5.74) is 5.30. The van der Waals surface area contributed by atoms with Crippen molar-refractivity contribution < 1.29 is 14.4 Å². The number of nitrogens with one attached hydrogen (secondary N) is 2. The molecule has 1 aromatic carbocycles. The van der Waals surface area contributed by atoms with Gasteiger partial charge in [0.1, 0.15) is 5.92 Å². The van der Waals surface area contributed by atoms with E-state index in [0.29, 0.717) is 28.7 Å². The van der Waals surface area contributed by atoms with Gasteiger partial charge in [-0.15, -0.1) is 0 Å². The van der Waals surface area contributed by atoms with Crippen molar-refractivity contribution in [1.29, 1.82) is 0 Å². The third-order valence-corrected chi connectivity index (χ3v) is 4.73. The van der Waals surface area contributed by atoms with Gasteiger partial charge in [0.05, 0.1) is 10.0 Å². The van der Waals surface area contributed by atoms with Gasteiger partial charge in [-0.05, 0) is 37.5 Å². The van der Waals surface area contributed by atoms with Crippen LogP contribution in [-0.2, 0) is 14.4 Å². The zero-order valence-electron chi connectivity index (χ0n) is 12.1. The highest BCUT2D eigenvalue weighted by Crippen LogP contribution is 2.31. The van der Waals surface area contributed by atoms with Crippen molar-refractivity contribution >= 4 is 46.6 Å². The second-order valence-electron chi connectivity index (χ2n) is 5.68. The fourth-order valence-corrected chi connectivity index (χ4v) is 2.78. The van der Waals surface area contributed by atoms with Gasteiger partial charge in [0, 0.05) is 18.2 Å². The molecule has 3 amide bonds. The predicted octanol–water partition coefficient (Wildman–Crippen LogP) is 1.90. The summed E-state index contributed by atoms with van der Waals surface area (Å²) in [5, 5.41) is 0.751. The van der Waals surface area contributed by atoms with Crippen molar-refractivity contribution in [3.63, 3.8) is 0 Å². The molecule has 1 aliphatic carbocycles. The molecule has 122 valence electrons. The second-order valence-corrected chi connectivity index (χ2v) is 6.50. The van der Waals surface area contributed by atoms with Crippen LogP contribution in [0.15, 0.2) is 18.2 Å². The molecule has 1 aromatic rings. The molecule has 1 aliphatic heterocycles. The van der Waals surface area contributed by atoms with Crippen LogP contribution in [-0.4, -0.2) is 24.3 Å². The van der Waals surface area contributed by atoms with Gasteiger partial charge in [-0.3, -0.25) is 25.2 Å². The molecule has 8 heteroatoms. The van der Waals surface area contributed by atoms with Crippen molar-refractivity contribution in [3.05, 3.63) is 28.2 Å². The molecule has 0 spiro atoms. The SMILES string of the molecule is O=C(NNC(=O)C1CCN(c2ccc(Cl)c(Cl)c2)C1=O)C1CC1. The molecule has 0 bridgehead atoms. The number of hydrazine groups is 1. The van der Waals surface area contributed by atoms with Gasteiger partial charge in [-0.25, -0.2) is 0 Å². The van der Waals surface area contributed by atoms with E-state index in [4.69, 9.17) is 23.2 Å². The van der Waals surface area contributed by atoms with Crippen LogP contribution in [0.3, 0.4) is 0 Å². The lowest BCUT2D eigenvalue weighted by Crippen LogP contribution is -2.47. The largest absolute Gasteiger partial charge is 0.312 e. The molecule has 3 rings (SSSR count). The smallest absolute Gasteiger partial charge is 0.251 e. The highest BCUT2D eigenvalue weighted by atomic mass is 35.5. The summed E-state index contributed by atoms with van der Waals surface area (Å²) in [5.74, 6) is -1.84. The monoisotopic (exact) mass is 355 g/mol. The molecule has 23 heavy (non-hydrogen) atoms. The van der Waals surface area contributed by atoms with Crippen LogP contribution in [0.2, 0.25) is 10.0 Å². The molecule has 1 atom stereocenters. The summed E-state index contributed by atoms with van der Waals surface area (Å²) in [6.45, 7) is 0.408. The molecular weight excluding hydrogens is 341 g/mol. The first-order chi connectivity index (χ1) is 11.0. The maximum Gasteiger partial charge on any atom is 0.251 e. The number of carbonyl (C=O) groups excluding carboxylic acids is 3. The third-order valence-electron chi connectivity index (χ3n) is 3.99. The van der Waals surface area contributed by atoms with Crippen molar-refractivity contribution in [2.24, 2.45) is 11.8 Å². The quantitative estimate of drug-likeness (QED) is 0.642. The number of rotatable bonds is 3. The number of anilines is 1. The lowest BCUT2D eigenvalue weighted by Gasteiger charge is -2.17. The fraction of sp³-hybridized carbons (Fsp3) is 0.400. The molecule has 1 saturated carbocycles. The molecule has 1 heterocycles. The predicted molar refractivity (Wildman–Crippen MR) is 85.9 cm³/mol. The maximum atomic E-state index is 12.4. The van der Waals surface area contributed by atoms with E-state index in [-0.39, 0.29) is 17.7 Å². The van der Waals surface area contributed by atoms with E-state index in [2.05, 4.69) is 10.9 Å². The normalized spacial score (nSPS) is 20.5. The van der Waals surface area contributed by atoms with Gasteiger partial charge in [-0.2, -0.15) is 0 Å². The van der Waals surface area contributed by atoms with Gasteiger partial charge < -0.3 is 4.90 Å². The number of benzene rings is 1. The third kappa shape index (κ3) is 3.43.